The number of carbonyl (C=O) groups is 1. The molecular formula is C14H19NO. The van der Waals surface area contributed by atoms with Crippen molar-refractivity contribution >= 4 is 5.91 Å². The predicted molar refractivity (Wildman–Crippen MR) is 65.2 cm³/mol. The number of benzene rings is 1. The maximum Gasteiger partial charge on any atom is 0.223 e. The molecule has 1 aliphatic rings. The lowest BCUT2D eigenvalue weighted by Gasteiger charge is -2.15. The predicted octanol–water partition coefficient (Wildman–Crippen LogP) is 2.89. The Morgan fingerprint density at radius 3 is 2.56 bits per heavy atom. The molecule has 1 saturated carbocycles. The van der Waals surface area contributed by atoms with Gasteiger partial charge in [-0.25, -0.2) is 0 Å². The molecule has 1 fully saturated rings. The van der Waals surface area contributed by atoms with E-state index in [1.165, 1.54) is 16.7 Å². The van der Waals surface area contributed by atoms with Gasteiger partial charge in [-0.3, -0.25) is 4.79 Å². The molecule has 1 N–H and O–H groups in total. The second kappa shape index (κ2) is 4.28. The summed E-state index contributed by atoms with van der Waals surface area (Å²) in [5.41, 5.74) is 3.77. The molecule has 2 heteroatoms. The Labute approximate surface area is 97.1 Å². The van der Waals surface area contributed by atoms with Gasteiger partial charge in [-0.2, -0.15) is 0 Å². The van der Waals surface area contributed by atoms with E-state index >= 15 is 0 Å². The topological polar surface area (TPSA) is 29.1 Å². The largest absolute Gasteiger partial charge is 0.349 e. The standard InChI is InChI=1S/C14H19NO/c1-9-4-5-13(8-10(9)2)11(3)15-14(16)12-6-7-12/h4-5,8,11-12H,6-7H2,1-3H3,(H,15,16)/t11-/m1/s1. The third kappa shape index (κ3) is 2.43. The van der Waals surface area contributed by atoms with Crippen LogP contribution < -0.4 is 5.32 Å². The van der Waals surface area contributed by atoms with Gasteiger partial charge in [-0.05, 0) is 50.3 Å². The van der Waals surface area contributed by atoms with Crippen molar-refractivity contribution in [3.63, 3.8) is 0 Å². The van der Waals surface area contributed by atoms with Crippen molar-refractivity contribution in [3.05, 3.63) is 34.9 Å². The van der Waals surface area contributed by atoms with Crippen molar-refractivity contribution < 1.29 is 4.79 Å². The maximum atomic E-state index is 11.6. The highest BCUT2D eigenvalue weighted by Gasteiger charge is 2.30. The first-order chi connectivity index (χ1) is 7.58. The zero-order valence-electron chi connectivity index (χ0n) is 10.2. The molecular weight excluding hydrogens is 198 g/mol. The molecule has 0 spiro atoms. The van der Waals surface area contributed by atoms with E-state index in [0.717, 1.165) is 12.8 Å². The van der Waals surface area contributed by atoms with Gasteiger partial charge in [0.2, 0.25) is 5.91 Å². The van der Waals surface area contributed by atoms with Gasteiger partial charge in [-0.1, -0.05) is 18.2 Å². The Bertz CT molecular complexity index is 407. The molecule has 1 atom stereocenters. The lowest BCUT2D eigenvalue weighted by atomic mass is 10.0. The number of aryl methyl sites for hydroxylation is 2. The molecule has 1 amide bonds. The van der Waals surface area contributed by atoms with Crippen LogP contribution in [0.15, 0.2) is 18.2 Å². The number of rotatable bonds is 3. The van der Waals surface area contributed by atoms with Crippen LogP contribution >= 0.6 is 0 Å². The normalized spacial score (nSPS) is 16.9. The first-order valence-corrected chi connectivity index (χ1v) is 5.95. The molecule has 16 heavy (non-hydrogen) atoms. The quantitative estimate of drug-likeness (QED) is 0.828. The molecule has 86 valence electrons. The van der Waals surface area contributed by atoms with E-state index in [1.54, 1.807) is 0 Å². The van der Waals surface area contributed by atoms with Gasteiger partial charge in [0, 0.05) is 5.92 Å². The van der Waals surface area contributed by atoms with Gasteiger partial charge in [0.05, 0.1) is 6.04 Å². The van der Waals surface area contributed by atoms with Gasteiger partial charge in [0.1, 0.15) is 0 Å². The highest BCUT2D eigenvalue weighted by molar-refractivity contribution is 5.81. The minimum absolute atomic E-state index is 0.118. The summed E-state index contributed by atoms with van der Waals surface area (Å²) in [5, 5.41) is 3.07. The van der Waals surface area contributed by atoms with E-state index in [4.69, 9.17) is 0 Å². The third-order valence-corrected chi connectivity index (χ3v) is 3.34. The van der Waals surface area contributed by atoms with Gasteiger partial charge in [-0.15, -0.1) is 0 Å². The van der Waals surface area contributed by atoms with Crippen molar-refractivity contribution in [3.8, 4) is 0 Å². The van der Waals surface area contributed by atoms with Crippen molar-refractivity contribution in [2.75, 3.05) is 0 Å². The van der Waals surface area contributed by atoms with Crippen LogP contribution in [-0.2, 0) is 4.79 Å². The summed E-state index contributed by atoms with van der Waals surface area (Å²) in [6.07, 6.45) is 2.12. The van der Waals surface area contributed by atoms with Crippen molar-refractivity contribution in [2.45, 2.75) is 39.7 Å². The summed E-state index contributed by atoms with van der Waals surface area (Å²) < 4.78 is 0. The minimum Gasteiger partial charge on any atom is -0.349 e. The summed E-state index contributed by atoms with van der Waals surface area (Å²) in [6, 6.07) is 6.49. The van der Waals surface area contributed by atoms with E-state index in [9.17, 15) is 4.79 Å². The highest BCUT2D eigenvalue weighted by atomic mass is 16.2. The van der Waals surface area contributed by atoms with Crippen LogP contribution in [-0.4, -0.2) is 5.91 Å². The Morgan fingerprint density at radius 1 is 1.31 bits per heavy atom. The van der Waals surface area contributed by atoms with E-state index < -0.39 is 0 Å². The molecule has 1 aromatic carbocycles. The summed E-state index contributed by atoms with van der Waals surface area (Å²) in [6.45, 7) is 6.26. The molecule has 0 unspecified atom stereocenters. The van der Waals surface area contributed by atoms with Gasteiger partial charge in [0.15, 0.2) is 0 Å². The summed E-state index contributed by atoms with van der Waals surface area (Å²) in [5.74, 6) is 0.500. The first-order valence-electron chi connectivity index (χ1n) is 5.95. The molecule has 0 saturated heterocycles. The Hall–Kier alpha value is -1.31. The molecule has 0 aromatic heterocycles. The maximum absolute atomic E-state index is 11.6. The zero-order chi connectivity index (χ0) is 11.7. The fraction of sp³-hybridized carbons (Fsp3) is 0.500. The van der Waals surface area contributed by atoms with Crippen molar-refractivity contribution in [1.29, 1.82) is 0 Å². The van der Waals surface area contributed by atoms with Gasteiger partial charge >= 0.3 is 0 Å². The minimum atomic E-state index is 0.118. The van der Waals surface area contributed by atoms with Crippen LogP contribution in [0.1, 0.15) is 42.5 Å². The van der Waals surface area contributed by atoms with E-state index in [0.29, 0.717) is 0 Å². The Kier molecular flexibility index (Phi) is 2.99. The summed E-state index contributed by atoms with van der Waals surface area (Å²) >= 11 is 0. The van der Waals surface area contributed by atoms with Gasteiger partial charge in [0.25, 0.3) is 0 Å². The van der Waals surface area contributed by atoms with Crippen LogP contribution in [0, 0.1) is 19.8 Å². The Morgan fingerprint density at radius 2 is 2.00 bits per heavy atom. The second-order valence-electron chi connectivity index (χ2n) is 4.85. The van der Waals surface area contributed by atoms with E-state index in [1.807, 2.05) is 6.92 Å². The van der Waals surface area contributed by atoms with Crippen LogP contribution in [0.3, 0.4) is 0 Å². The number of amides is 1. The molecule has 1 aromatic rings. The smallest absolute Gasteiger partial charge is 0.223 e. The number of hydrogen-bond acceptors (Lipinski definition) is 1. The highest BCUT2D eigenvalue weighted by Crippen LogP contribution is 2.29. The van der Waals surface area contributed by atoms with Crippen LogP contribution in [0.25, 0.3) is 0 Å². The fourth-order valence-electron chi connectivity index (χ4n) is 1.79. The molecule has 2 rings (SSSR count). The van der Waals surface area contributed by atoms with Gasteiger partial charge < -0.3 is 5.32 Å². The molecule has 0 bridgehead atoms. The molecule has 0 aliphatic heterocycles. The Balaban J connectivity index is 2.04. The van der Waals surface area contributed by atoms with E-state index in [-0.39, 0.29) is 17.9 Å². The fourth-order valence-corrected chi connectivity index (χ4v) is 1.79. The molecule has 2 nitrogen and oxygen atoms in total. The summed E-state index contributed by atoms with van der Waals surface area (Å²) in [4.78, 5) is 11.6. The number of nitrogens with one attached hydrogen (secondary N) is 1. The summed E-state index contributed by atoms with van der Waals surface area (Å²) in [7, 11) is 0. The van der Waals surface area contributed by atoms with Crippen LogP contribution in [0.2, 0.25) is 0 Å². The average Bonchev–Trinajstić information content (AvgIpc) is 3.05. The lowest BCUT2D eigenvalue weighted by molar-refractivity contribution is -0.122. The number of hydrogen-bond donors (Lipinski definition) is 1. The molecule has 0 radical (unpaired) electrons. The molecule has 1 aliphatic carbocycles. The average molecular weight is 217 g/mol. The third-order valence-electron chi connectivity index (χ3n) is 3.34. The second-order valence-corrected chi connectivity index (χ2v) is 4.85. The monoisotopic (exact) mass is 217 g/mol. The molecule has 0 heterocycles. The first kappa shape index (κ1) is 11.2. The van der Waals surface area contributed by atoms with E-state index in [2.05, 4.69) is 37.4 Å². The van der Waals surface area contributed by atoms with Crippen molar-refractivity contribution in [1.82, 2.24) is 5.32 Å². The SMILES string of the molecule is Cc1ccc([C@@H](C)NC(=O)C2CC2)cc1C. The van der Waals surface area contributed by atoms with Crippen LogP contribution in [0.5, 0.6) is 0 Å². The van der Waals surface area contributed by atoms with Crippen LogP contribution in [0.4, 0.5) is 0 Å². The zero-order valence-corrected chi connectivity index (χ0v) is 10.2. The number of carbonyl (C=O) groups excluding carboxylic acids is 1. The lowest BCUT2D eigenvalue weighted by Crippen LogP contribution is -2.27. The van der Waals surface area contributed by atoms with Crippen molar-refractivity contribution in [2.24, 2.45) is 5.92 Å².